The highest BCUT2D eigenvalue weighted by molar-refractivity contribution is 5.76. The van der Waals surface area contributed by atoms with Gasteiger partial charge >= 0.3 is 5.97 Å². The van der Waals surface area contributed by atoms with E-state index in [9.17, 15) is 14.4 Å². The van der Waals surface area contributed by atoms with E-state index in [2.05, 4.69) is 15.2 Å². The quantitative estimate of drug-likeness (QED) is 0.738. The maximum atomic E-state index is 11.9. The van der Waals surface area contributed by atoms with Gasteiger partial charge in [-0.3, -0.25) is 14.4 Å². The number of carbonyl (C=O) groups excluding carboxylic acids is 2. The Bertz CT molecular complexity index is 816. The van der Waals surface area contributed by atoms with Gasteiger partial charge in [0.2, 0.25) is 5.91 Å². The molecule has 0 saturated heterocycles. The Kier molecular flexibility index (Phi) is 6.27. The van der Waals surface area contributed by atoms with Crippen LogP contribution in [0.4, 0.5) is 0 Å². The van der Waals surface area contributed by atoms with Crippen LogP contribution >= 0.6 is 0 Å². The van der Waals surface area contributed by atoms with Gasteiger partial charge in [-0.05, 0) is 18.2 Å². The van der Waals surface area contributed by atoms with E-state index in [1.807, 2.05) is 12.1 Å². The fourth-order valence-electron chi connectivity index (χ4n) is 2.10. The second kappa shape index (κ2) is 8.62. The Morgan fingerprint density at radius 2 is 2.00 bits per heavy atom. The lowest BCUT2D eigenvalue weighted by atomic mass is 10.1. The summed E-state index contributed by atoms with van der Waals surface area (Å²) in [6.45, 7) is -0.104. The molecule has 0 aliphatic carbocycles. The van der Waals surface area contributed by atoms with Crippen molar-refractivity contribution < 1.29 is 19.1 Å². The monoisotopic (exact) mass is 345 g/mol. The van der Waals surface area contributed by atoms with Gasteiger partial charge < -0.3 is 14.8 Å². The van der Waals surface area contributed by atoms with Gasteiger partial charge in [0.15, 0.2) is 0 Å². The molecule has 0 atom stereocenters. The summed E-state index contributed by atoms with van der Waals surface area (Å²) in [5, 5.41) is 6.76. The molecule has 2 rings (SSSR count). The smallest absolute Gasteiger partial charge is 0.307 e. The number of esters is 1. The molecule has 0 bridgehead atoms. The van der Waals surface area contributed by atoms with Crippen LogP contribution in [-0.2, 0) is 20.9 Å². The molecule has 0 radical (unpaired) electrons. The van der Waals surface area contributed by atoms with E-state index >= 15 is 0 Å². The lowest BCUT2D eigenvalue weighted by Crippen LogP contribution is -2.34. The van der Waals surface area contributed by atoms with Crippen LogP contribution in [-0.4, -0.2) is 42.4 Å². The first-order valence-corrected chi connectivity index (χ1v) is 7.59. The number of hydrogen-bond acceptors (Lipinski definition) is 6. The molecule has 8 heteroatoms. The van der Waals surface area contributed by atoms with E-state index in [-0.39, 0.29) is 19.5 Å². The minimum absolute atomic E-state index is 0.0639. The Labute approximate surface area is 144 Å². The molecule has 1 aromatic carbocycles. The second-order valence-corrected chi connectivity index (χ2v) is 5.12. The first-order chi connectivity index (χ1) is 12.0. The van der Waals surface area contributed by atoms with Crippen LogP contribution < -0.4 is 15.6 Å². The minimum atomic E-state index is -0.421. The molecule has 0 fully saturated rings. The first kappa shape index (κ1) is 18.2. The molecule has 1 heterocycles. The molecule has 0 aliphatic heterocycles. The highest BCUT2D eigenvalue weighted by Crippen LogP contribution is 2.20. The van der Waals surface area contributed by atoms with Gasteiger partial charge in [0.25, 0.3) is 5.56 Å². The summed E-state index contributed by atoms with van der Waals surface area (Å²) >= 11 is 0. The molecular formula is C17H19N3O5. The number of hydrogen-bond donors (Lipinski definition) is 1. The molecule has 0 spiro atoms. The highest BCUT2D eigenvalue weighted by Gasteiger charge is 2.09. The molecule has 1 amide bonds. The lowest BCUT2D eigenvalue weighted by Gasteiger charge is -2.08. The number of ether oxygens (including phenoxy) is 2. The first-order valence-electron chi connectivity index (χ1n) is 7.59. The van der Waals surface area contributed by atoms with Crippen LogP contribution in [0, 0.1) is 0 Å². The lowest BCUT2D eigenvalue weighted by molar-refractivity contribution is -0.140. The van der Waals surface area contributed by atoms with Gasteiger partial charge in [-0.25, -0.2) is 4.68 Å². The molecule has 1 N–H and O–H groups in total. The number of amides is 1. The fourth-order valence-corrected chi connectivity index (χ4v) is 2.10. The maximum absolute atomic E-state index is 11.9. The summed E-state index contributed by atoms with van der Waals surface area (Å²) in [4.78, 5) is 34.8. The van der Waals surface area contributed by atoms with Gasteiger partial charge in [0.1, 0.15) is 12.3 Å². The number of nitrogens with one attached hydrogen (secondary N) is 1. The SMILES string of the molecule is COC(=O)CCNC(=O)Cn1nc(-c2cccc(OC)c2)ccc1=O. The van der Waals surface area contributed by atoms with Crippen molar-refractivity contribution in [1.29, 1.82) is 0 Å². The number of benzene rings is 1. The van der Waals surface area contributed by atoms with Gasteiger partial charge in [0.05, 0.1) is 26.3 Å². The highest BCUT2D eigenvalue weighted by atomic mass is 16.5. The van der Waals surface area contributed by atoms with Gasteiger partial charge in [-0.1, -0.05) is 12.1 Å². The van der Waals surface area contributed by atoms with Gasteiger partial charge in [0, 0.05) is 18.2 Å². The third kappa shape index (κ3) is 5.17. The van der Waals surface area contributed by atoms with Crippen molar-refractivity contribution in [2.75, 3.05) is 20.8 Å². The van der Waals surface area contributed by atoms with Crippen molar-refractivity contribution in [1.82, 2.24) is 15.1 Å². The van der Waals surface area contributed by atoms with Crippen molar-refractivity contribution in [2.24, 2.45) is 0 Å². The molecule has 0 unspecified atom stereocenters. The largest absolute Gasteiger partial charge is 0.497 e. The molecule has 0 aliphatic rings. The second-order valence-electron chi connectivity index (χ2n) is 5.12. The Morgan fingerprint density at radius 1 is 1.20 bits per heavy atom. The van der Waals surface area contributed by atoms with E-state index in [0.717, 1.165) is 10.2 Å². The van der Waals surface area contributed by atoms with Crippen molar-refractivity contribution in [3.05, 3.63) is 46.8 Å². The van der Waals surface area contributed by atoms with Crippen LogP contribution in [0.5, 0.6) is 5.75 Å². The van der Waals surface area contributed by atoms with Crippen LogP contribution in [0.15, 0.2) is 41.2 Å². The Hall–Kier alpha value is -3.16. The van der Waals surface area contributed by atoms with Crippen LogP contribution in [0.1, 0.15) is 6.42 Å². The molecule has 2 aromatic rings. The van der Waals surface area contributed by atoms with Crippen molar-refractivity contribution in [2.45, 2.75) is 13.0 Å². The molecule has 132 valence electrons. The fraction of sp³-hybridized carbons (Fsp3) is 0.294. The zero-order chi connectivity index (χ0) is 18.2. The van der Waals surface area contributed by atoms with Gasteiger partial charge in [-0.2, -0.15) is 5.10 Å². The third-order valence-electron chi connectivity index (χ3n) is 3.40. The topological polar surface area (TPSA) is 99.5 Å². The summed E-state index contributed by atoms with van der Waals surface area (Å²) in [5.74, 6) is -0.172. The standard InChI is InChI=1S/C17H19N3O5/c1-24-13-5-3-4-12(10-13)14-6-7-16(22)20(19-14)11-15(21)18-9-8-17(23)25-2/h3-7,10H,8-9,11H2,1-2H3,(H,18,21). The van der Waals surface area contributed by atoms with Crippen molar-refractivity contribution >= 4 is 11.9 Å². The number of rotatable bonds is 7. The van der Waals surface area contributed by atoms with Crippen molar-refractivity contribution in [3.8, 4) is 17.0 Å². The summed E-state index contributed by atoms with van der Waals surface area (Å²) in [6, 6.07) is 10.2. The normalized spacial score (nSPS) is 10.2. The molecule has 8 nitrogen and oxygen atoms in total. The molecule has 0 saturated carbocycles. The Morgan fingerprint density at radius 3 is 2.72 bits per heavy atom. The summed E-state index contributed by atoms with van der Waals surface area (Å²) in [6.07, 6.45) is 0.0639. The summed E-state index contributed by atoms with van der Waals surface area (Å²) < 4.78 is 10.7. The number of nitrogens with zero attached hydrogens (tertiary/aromatic N) is 2. The molecule has 25 heavy (non-hydrogen) atoms. The van der Waals surface area contributed by atoms with E-state index in [4.69, 9.17) is 4.74 Å². The van der Waals surface area contributed by atoms with Gasteiger partial charge in [-0.15, -0.1) is 0 Å². The van der Waals surface area contributed by atoms with E-state index in [0.29, 0.717) is 11.4 Å². The average Bonchev–Trinajstić information content (AvgIpc) is 2.63. The third-order valence-corrected chi connectivity index (χ3v) is 3.40. The van der Waals surface area contributed by atoms with Crippen LogP contribution in [0.25, 0.3) is 11.3 Å². The zero-order valence-electron chi connectivity index (χ0n) is 14.0. The number of carbonyl (C=O) groups is 2. The van der Waals surface area contributed by atoms with Crippen molar-refractivity contribution in [3.63, 3.8) is 0 Å². The van der Waals surface area contributed by atoms with Crippen LogP contribution in [0.2, 0.25) is 0 Å². The number of aromatic nitrogens is 2. The van der Waals surface area contributed by atoms with E-state index in [1.54, 1.807) is 25.3 Å². The Balaban J connectivity index is 2.09. The minimum Gasteiger partial charge on any atom is -0.497 e. The predicted octanol–water partition coefficient (Wildman–Crippen LogP) is 0.598. The van der Waals surface area contributed by atoms with Crippen LogP contribution in [0.3, 0.4) is 0 Å². The number of methoxy groups -OCH3 is 2. The zero-order valence-corrected chi connectivity index (χ0v) is 14.0. The maximum Gasteiger partial charge on any atom is 0.307 e. The van der Waals surface area contributed by atoms with E-state index in [1.165, 1.54) is 13.2 Å². The summed E-state index contributed by atoms with van der Waals surface area (Å²) in [5.41, 5.74) is 0.912. The molecular weight excluding hydrogens is 326 g/mol. The van der Waals surface area contributed by atoms with E-state index < -0.39 is 17.4 Å². The summed E-state index contributed by atoms with van der Waals surface area (Å²) in [7, 11) is 2.84. The molecule has 1 aromatic heterocycles. The average molecular weight is 345 g/mol. The predicted molar refractivity (Wildman–Crippen MR) is 90.1 cm³/mol.